The van der Waals surface area contributed by atoms with Crippen molar-refractivity contribution < 1.29 is 9.53 Å². The first-order valence-corrected chi connectivity index (χ1v) is 6.63. The Bertz CT molecular complexity index is 420. The Hall–Kier alpha value is -1.58. The van der Waals surface area contributed by atoms with E-state index in [9.17, 15) is 4.79 Å². The highest BCUT2D eigenvalue weighted by Crippen LogP contribution is 2.29. The third kappa shape index (κ3) is 3.00. The number of nitrogens with zero attached hydrogens (tertiary/aromatic N) is 1. The van der Waals surface area contributed by atoms with E-state index >= 15 is 0 Å². The molecule has 1 saturated carbocycles. The highest BCUT2D eigenvalue weighted by molar-refractivity contribution is 5.90. The highest BCUT2D eigenvalue weighted by atomic mass is 16.5. The van der Waals surface area contributed by atoms with E-state index in [2.05, 4.69) is 11.9 Å². The fourth-order valence-corrected chi connectivity index (χ4v) is 2.58. The van der Waals surface area contributed by atoms with E-state index in [1.54, 1.807) is 12.1 Å². The van der Waals surface area contributed by atoms with Crippen molar-refractivity contribution in [2.75, 3.05) is 5.73 Å². The number of hydrogen-bond acceptors (Lipinski definition) is 4. The van der Waals surface area contributed by atoms with Gasteiger partial charge in [0.15, 0.2) is 0 Å². The number of ether oxygens (including phenoxy) is 1. The zero-order valence-corrected chi connectivity index (χ0v) is 10.8. The molecule has 98 valence electrons. The number of hydrogen-bond donors (Lipinski definition) is 1. The summed E-state index contributed by atoms with van der Waals surface area (Å²) >= 11 is 0. The molecule has 0 aromatic carbocycles. The lowest BCUT2D eigenvalue weighted by molar-refractivity contribution is 0.000704. The van der Waals surface area contributed by atoms with Crippen LogP contribution in [0.15, 0.2) is 18.3 Å². The Morgan fingerprint density at radius 1 is 1.50 bits per heavy atom. The van der Waals surface area contributed by atoms with Crippen molar-refractivity contribution in [3.8, 4) is 0 Å². The third-order valence-corrected chi connectivity index (χ3v) is 3.64. The van der Waals surface area contributed by atoms with E-state index in [0.29, 0.717) is 17.3 Å². The zero-order valence-electron chi connectivity index (χ0n) is 10.8. The molecule has 0 saturated heterocycles. The summed E-state index contributed by atoms with van der Waals surface area (Å²) in [6, 6.07) is 3.20. The fourth-order valence-electron chi connectivity index (χ4n) is 2.58. The number of esters is 1. The topological polar surface area (TPSA) is 65.2 Å². The number of rotatable bonds is 3. The molecule has 1 aromatic rings. The van der Waals surface area contributed by atoms with Crippen LogP contribution in [0.5, 0.6) is 0 Å². The fraction of sp³-hybridized carbons (Fsp3) is 0.571. The molecule has 1 fully saturated rings. The molecule has 0 bridgehead atoms. The highest BCUT2D eigenvalue weighted by Gasteiger charge is 2.27. The van der Waals surface area contributed by atoms with Gasteiger partial charge in [-0.3, -0.25) is 0 Å². The molecule has 2 N–H and O–H groups in total. The van der Waals surface area contributed by atoms with E-state index in [-0.39, 0.29) is 12.1 Å². The molecule has 4 heteroatoms. The molecule has 0 radical (unpaired) electrons. The summed E-state index contributed by atoms with van der Waals surface area (Å²) in [4.78, 5) is 15.9. The van der Waals surface area contributed by atoms with Crippen molar-refractivity contribution in [2.24, 2.45) is 5.92 Å². The number of carbonyl (C=O) groups excluding carboxylic acids is 1. The number of anilines is 1. The number of pyridine rings is 1. The quantitative estimate of drug-likeness (QED) is 0.835. The van der Waals surface area contributed by atoms with E-state index in [0.717, 1.165) is 25.7 Å². The molecule has 1 heterocycles. The van der Waals surface area contributed by atoms with Crippen LogP contribution in [0.4, 0.5) is 5.82 Å². The van der Waals surface area contributed by atoms with Crippen LogP contribution in [0.3, 0.4) is 0 Å². The first kappa shape index (κ1) is 12.9. The molecular weight excluding hydrogens is 228 g/mol. The maximum atomic E-state index is 12.0. The Balaban J connectivity index is 2.02. The molecule has 1 aliphatic carbocycles. The van der Waals surface area contributed by atoms with E-state index < -0.39 is 0 Å². The van der Waals surface area contributed by atoms with Crippen LogP contribution in [0.1, 0.15) is 49.4 Å². The zero-order chi connectivity index (χ0) is 13.0. The molecule has 0 aliphatic heterocycles. The number of nitrogen functional groups attached to an aromatic ring is 1. The first-order valence-electron chi connectivity index (χ1n) is 6.63. The molecule has 18 heavy (non-hydrogen) atoms. The van der Waals surface area contributed by atoms with Crippen molar-refractivity contribution in [3.05, 3.63) is 23.9 Å². The average Bonchev–Trinajstić information content (AvgIpc) is 2.39. The van der Waals surface area contributed by atoms with Gasteiger partial charge in [-0.05, 0) is 43.7 Å². The largest absolute Gasteiger partial charge is 0.458 e. The minimum absolute atomic E-state index is 0.0608. The molecule has 2 unspecified atom stereocenters. The first-order chi connectivity index (χ1) is 8.70. The van der Waals surface area contributed by atoms with E-state index in [1.165, 1.54) is 12.6 Å². The van der Waals surface area contributed by atoms with Gasteiger partial charge in [0.05, 0.1) is 5.56 Å². The van der Waals surface area contributed by atoms with Crippen molar-refractivity contribution in [1.82, 2.24) is 4.98 Å². The van der Waals surface area contributed by atoms with Gasteiger partial charge in [0, 0.05) is 6.20 Å². The number of carbonyl (C=O) groups is 1. The van der Waals surface area contributed by atoms with Crippen molar-refractivity contribution in [2.45, 2.75) is 45.1 Å². The summed E-state index contributed by atoms with van der Waals surface area (Å²) in [5, 5.41) is 0. The van der Waals surface area contributed by atoms with Crippen LogP contribution in [0.25, 0.3) is 0 Å². The van der Waals surface area contributed by atoms with Gasteiger partial charge >= 0.3 is 5.97 Å². The Labute approximate surface area is 108 Å². The minimum atomic E-state index is -0.283. The van der Waals surface area contributed by atoms with Gasteiger partial charge in [-0.25, -0.2) is 9.78 Å². The van der Waals surface area contributed by atoms with Gasteiger partial charge in [-0.1, -0.05) is 13.3 Å². The van der Waals surface area contributed by atoms with Crippen LogP contribution in [-0.2, 0) is 4.74 Å². The Kier molecular flexibility index (Phi) is 4.18. The molecule has 4 nitrogen and oxygen atoms in total. The smallest absolute Gasteiger partial charge is 0.338 e. The lowest BCUT2D eigenvalue weighted by Crippen LogP contribution is -2.29. The average molecular weight is 248 g/mol. The molecular formula is C14H20N2O2. The summed E-state index contributed by atoms with van der Waals surface area (Å²) < 4.78 is 5.61. The van der Waals surface area contributed by atoms with Crippen LogP contribution in [0, 0.1) is 5.92 Å². The normalized spacial score (nSPS) is 23.6. The standard InChI is InChI=1S/C14H20N2O2/c1-2-10-5-3-4-6-12(10)18-14(17)11-7-8-16-13(15)9-11/h7-10,12H,2-6H2,1H3,(H2,15,16). The number of nitrogens with two attached hydrogens (primary N) is 1. The van der Waals surface area contributed by atoms with Gasteiger partial charge in [0.2, 0.25) is 0 Å². The lowest BCUT2D eigenvalue weighted by Gasteiger charge is -2.30. The lowest BCUT2D eigenvalue weighted by atomic mass is 9.85. The predicted octanol–water partition coefficient (Wildman–Crippen LogP) is 2.79. The van der Waals surface area contributed by atoms with Crippen LogP contribution in [-0.4, -0.2) is 17.1 Å². The SMILES string of the molecule is CCC1CCCCC1OC(=O)c1ccnc(N)c1. The Morgan fingerprint density at radius 3 is 3.00 bits per heavy atom. The second kappa shape index (κ2) is 5.85. The summed E-state index contributed by atoms with van der Waals surface area (Å²) in [5.41, 5.74) is 6.05. The molecule has 2 rings (SSSR count). The van der Waals surface area contributed by atoms with Gasteiger partial charge in [-0.2, -0.15) is 0 Å². The van der Waals surface area contributed by atoms with E-state index in [4.69, 9.17) is 10.5 Å². The summed E-state index contributed by atoms with van der Waals surface area (Å²) in [7, 11) is 0. The maximum Gasteiger partial charge on any atom is 0.338 e. The molecule has 1 aromatic heterocycles. The molecule has 2 atom stereocenters. The predicted molar refractivity (Wildman–Crippen MR) is 70.1 cm³/mol. The van der Waals surface area contributed by atoms with Gasteiger partial charge < -0.3 is 10.5 Å². The third-order valence-electron chi connectivity index (χ3n) is 3.64. The molecule has 0 spiro atoms. The second-order valence-electron chi connectivity index (χ2n) is 4.87. The molecule has 1 aliphatic rings. The van der Waals surface area contributed by atoms with Crippen LogP contribution >= 0.6 is 0 Å². The Morgan fingerprint density at radius 2 is 2.28 bits per heavy atom. The number of aromatic nitrogens is 1. The minimum Gasteiger partial charge on any atom is -0.458 e. The van der Waals surface area contributed by atoms with Gasteiger partial charge in [0.25, 0.3) is 0 Å². The maximum absolute atomic E-state index is 12.0. The van der Waals surface area contributed by atoms with Crippen LogP contribution < -0.4 is 5.73 Å². The molecule has 0 amide bonds. The van der Waals surface area contributed by atoms with Crippen molar-refractivity contribution >= 4 is 11.8 Å². The van der Waals surface area contributed by atoms with Crippen molar-refractivity contribution in [1.29, 1.82) is 0 Å². The second-order valence-corrected chi connectivity index (χ2v) is 4.87. The summed E-state index contributed by atoms with van der Waals surface area (Å²) in [6.07, 6.45) is 7.19. The van der Waals surface area contributed by atoms with Gasteiger partial charge in [-0.15, -0.1) is 0 Å². The van der Waals surface area contributed by atoms with Crippen LogP contribution in [0.2, 0.25) is 0 Å². The monoisotopic (exact) mass is 248 g/mol. The van der Waals surface area contributed by atoms with E-state index in [1.807, 2.05) is 0 Å². The van der Waals surface area contributed by atoms with Gasteiger partial charge in [0.1, 0.15) is 11.9 Å². The summed E-state index contributed by atoms with van der Waals surface area (Å²) in [5.74, 6) is 0.566. The van der Waals surface area contributed by atoms with Crippen molar-refractivity contribution in [3.63, 3.8) is 0 Å². The summed E-state index contributed by atoms with van der Waals surface area (Å²) in [6.45, 7) is 2.15.